The van der Waals surface area contributed by atoms with Gasteiger partial charge in [0.2, 0.25) is 15.9 Å². The first kappa shape index (κ1) is 22.6. The van der Waals surface area contributed by atoms with Crippen LogP contribution in [0.1, 0.15) is 0 Å². The Balaban J connectivity index is 1.69. The number of sulfonamides is 1. The maximum absolute atomic E-state index is 13.1. The first-order valence-electron chi connectivity index (χ1n) is 10.4. The summed E-state index contributed by atoms with van der Waals surface area (Å²) in [6.07, 6.45) is 0. The van der Waals surface area contributed by atoms with Gasteiger partial charge in [-0.2, -0.15) is 0 Å². The Morgan fingerprint density at radius 1 is 0.970 bits per heavy atom. The van der Waals surface area contributed by atoms with Crippen molar-refractivity contribution in [2.24, 2.45) is 0 Å². The molecule has 0 saturated heterocycles. The molecule has 1 heterocycles. The number of fused-ring (bicyclic) bond motifs is 1. The number of methoxy groups -OCH3 is 1. The molecule has 0 aliphatic carbocycles. The molecule has 1 aromatic heterocycles. The van der Waals surface area contributed by atoms with Crippen LogP contribution in [0.4, 0.5) is 5.69 Å². The smallest absolute Gasteiger partial charge is 0.244 e. The van der Waals surface area contributed by atoms with Gasteiger partial charge in [0.1, 0.15) is 12.3 Å². The van der Waals surface area contributed by atoms with E-state index < -0.39 is 10.0 Å². The van der Waals surface area contributed by atoms with E-state index in [2.05, 4.69) is 11.4 Å². The minimum absolute atomic E-state index is 0.0472. The van der Waals surface area contributed by atoms with Crippen LogP contribution in [-0.2, 0) is 21.4 Å². The number of hydrogen-bond acceptors (Lipinski definition) is 4. The van der Waals surface area contributed by atoms with E-state index in [-0.39, 0.29) is 17.3 Å². The minimum atomic E-state index is -3.66. The number of anilines is 1. The molecule has 4 rings (SSSR count). The fourth-order valence-electron chi connectivity index (χ4n) is 3.72. The number of hydrogen-bond donors (Lipinski definition) is 1. The second-order valence-corrected chi connectivity index (χ2v) is 9.89. The van der Waals surface area contributed by atoms with E-state index in [4.69, 9.17) is 4.74 Å². The normalized spacial score (nSPS) is 11.6. The topological polar surface area (TPSA) is 80.6 Å². The van der Waals surface area contributed by atoms with Crippen LogP contribution in [0.5, 0.6) is 5.75 Å². The van der Waals surface area contributed by atoms with Crippen molar-refractivity contribution in [3.05, 3.63) is 78.9 Å². The number of carbonyl (C=O) groups is 1. The largest absolute Gasteiger partial charge is 0.495 e. The highest BCUT2D eigenvalue weighted by molar-refractivity contribution is 7.89. The molecule has 0 atom stereocenters. The fourth-order valence-corrected chi connectivity index (χ4v) is 4.65. The van der Waals surface area contributed by atoms with Gasteiger partial charge in [-0.1, -0.05) is 48.5 Å². The summed E-state index contributed by atoms with van der Waals surface area (Å²) in [5.74, 6) is 0.0768. The predicted octanol–water partition coefficient (Wildman–Crippen LogP) is 4.21. The summed E-state index contributed by atoms with van der Waals surface area (Å²) < 4.78 is 33.5. The van der Waals surface area contributed by atoms with Crippen molar-refractivity contribution in [1.29, 1.82) is 0 Å². The molecule has 7 nitrogen and oxygen atoms in total. The number of ether oxygens (including phenoxy) is 1. The van der Waals surface area contributed by atoms with Crippen LogP contribution in [0, 0.1) is 0 Å². The van der Waals surface area contributed by atoms with Gasteiger partial charge in [0.05, 0.1) is 17.7 Å². The Morgan fingerprint density at radius 3 is 2.36 bits per heavy atom. The van der Waals surface area contributed by atoms with Crippen LogP contribution in [0.2, 0.25) is 0 Å². The molecule has 0 aliphatic rings. The van der Waals surface area contributed by atoms with Crippen LogP contribution in [0.15, 0.2) is 83.8 Å². The lowest BCUT2D eigenvalue weighted by Crippen LogP contribution is -2.23. The highest BCUT2D eigenvalue weighted by Crippen LogP contribution is 2.30. The van der Waals surface area contributed by atoms with Crippen molar-refractivity contribution in [3.63, 3.8) is 0 Å². The second kappa shape index (κ2) is 9.09. The lowest BCUT2D eigenvalue weighted by molar-refractivity contribution is -0.116. The summed E-state index contributed by atoms with van der Waals surface area (Å²) in [5.41, 5.74) is 3.14. The van der Waals surface area contributed by atoms with E-state index in [9.17, 15) is 13.2 Å². The van der Waals surface area contributed by atoms with Gasteiger partial charge >= 0.3 is 0 Å². The zero-order valence-corrected chi connectivity index (χ0v) is 19.5. The van der Waals surface area contributed by atoms with Gasteiger partial charge in [0, 0.05) is 30.7 Å². The molecule has 0 saturated carbocycles. The van der Waals surface area contributed by atoms with E-state index in [0.717, 1.165) is 26.5 Å². The van der Waals surface area contributed by atoms with Gasteiger partial charge in [-0.3, -0.25) is 4.79 Å². The summed E-state index contributed by atoms with van der Waals surface area (Å²) in [5, 5.41) is 3.86. The molecule has 170 valence electrons. The molecule has 0 fully saturated rings. The molecular formula is C25H25N3O4S. The number of amides is 1. The highest BCUT2D eigenvalue weighted by Gasteiger charge is 2.20. The molecular weight excluding hydrogens is 438 g/mol. The molecule has 8 heteroatoms. The van der Waals surface area contributed by atoms with E-state index in [1.54, 1.807) is 0 Å². The summed E-state index contributed by atoms with van der Waals surface area (Å²) in [6.45, 7) is 0.0472. The van der Waals surface area contributed by atoms with Crippen molar-refractivity contribution >= 4 is 32.5 Å². The number of nitrogens with one attached hydrogen (secondary N) is 1. The lowest BCUT2D eigenvalue weighted by Gasteiger charge is -2.16. The Bertz CT molecular complexity index is 1410. The maximum Gasteiger partial charge on any atom is 0.244 e. The van der Waals surface area contributed by atoms with E-state index in [0.29, 0.717) is 11.4 Å². The van der Waals surface area contributed by atoms with Gasteiger partial charge in [0.15, 0.2) is 0 Å². The quantitative estimate of drug-likeness (QED) is 0.445. The first-order valence-corrected chi connectivity index (χ1v) is 11.8. The number of para-hydroxylation sites is 1. The third-order valence-electron chi connectivity index (χ3n) is 5.41. The van der Waals surface area contributed by atoms with Gasteiger partial charge in [-0.25, -0.2) is 12.7 Å². The van der Waals surface area contributed by atoms with Crippen molar-refractivity contribution in [2.45, 2.75) is 11.4 Å². The molecule has 1 N–H and O–H groups in total. The van der Waals surface area contributed by atoms with E-state index in [1.807, 2.05) is 59.2 Å². The van der Waals surface area contributed by atoms with Gasteiger partial charge in [-0.15, -0.1) is 0 Å². The molecule has 4 aromatic rings. The van der Waals surface area contributed by atoms with Gasteiger partial charge in [0.25, 0.3) is 0 Å². The number of carbonyl (C=O) groups excluding carboxylic acids is 1. The average molecular weight is 464 g/mol. The van der Waals surface area contributed by atoms with Crippen molar-refractivity contribution in [1.82, 2.24) is 8.87 Å². The SMILES string of the molecule is COc1ccc(S(=O)(=O)N(C)C)cc1NC(=O)Cn1c(-c2ccccc2)cc2ccccc21. The summed E-state index contributed by atoms with van der Waals surface area (Å²) in [4.78, 5) is 13.2. The van der Waals surface area contributed by atoms with Crippen molar-refractivity contribution in [2.75, 3.05) is 26.5 Å². The average Bonchev–Trinajstić information content (AvgIpc) is 3.17. The predicted molar refractivity (Wildman–Crippen MR) is 130 cm³/mol. The third kappa shape index (κ3) is 4.48. The van der Waals surface area contributed by atoms with Crippen molar-refractivity contribution in [3.8, 4) is 17.0 Å². The standard InChI is InChI=1S/C25H25N3O4S/c1-27(2)33(30,31)20-13-14-24(32-3)21(16-20)26-25(29)17-28-22-12-8-7-11-19(22)15-23(28)18-9-5-4-6-10-18/h4-16H,17H2,1-3H3,(H,26,29). The van der Waals surface area contributed by atoms with Gasteiger partial charge < -0.3 is 14.6 Å². The fraction of sp³-hybridized carbons (Fsp3) is 0.160. The number of aromatic nitrogens is 1. The Morgan fingerprint density at radius 2 is 1.67 bits per heavy atom. The highest BCUT2D eigenvalue weighted by atomic mass is 32.2. The molecule has 0 aliphatic heterocycles. The summed E-state index contributed by atoms with van der Waals surface area (Å²) in [7, 11) is 0.727. The van der Waals surface area contributed by atoms with Crippen LogP contribution in [-0.4, -0.2) is 44.4 Å². The second-order valence-electron chi connectivity index (χ2n) is 7.74. The molecule has 0 unspecified atom stereocenters. The number of benzene rings is 3. The Labute approximate surface area is 193 Å². The monoisotopic (exact) mass is 463 g/mol. The Kier molecular flexibility index (Phi) is 6.22. The van der Waals surface area contributed by atoms with Crippen molar-refractivity contribution < 1.29 is 17.9 Å². The zero-order valence-electron chi connectivity index (χ0n) is 18.6. The van der Waals surface area contributed by atoms with Crippen LogP contribution >= 0.6 is 0 Å². The van der Waals surface area contributed by atoms with Crippen LogP contribution in [0.25, 0.3) is 22.2 Å². The summed E-state index contributed by atoms with van der Waals surface area (Å²) in [6, 6.07) is 24.2. The maximum atomic E-state index is 13.1. The molecule has 33 heavy (non-hydrogen) atoms. The molecule has 1 amide bonds. The van der Waals surface area contributed by atoms with E-state index in [1.165, 1.54) is 39.4 Å². The molecule has 3 aromatic carbocycles. The van der Waals surface area contributed by atoms with Crippen LogP contribution in [0.3, 0.4) is 0 Å². The first-order chi connectivity index (χ1) is 15.8. The lowest BCUT2D eigenvalue weighted by atomic mass is 10.1. The zero-order chi connectivity index (χ0) is 23.6. The third-order valence-corrected chi connectivity index (χ3v) is 7.22. The molecule has 0 spiro atoms. The van der Waals surface area contributed by atoms with Crippen LogP contribution < -0.4 is 10.1 Å². The Hall–Kier alpha value is -3.62. The number of nitrogens with zero attached hydrogens (tertiary/aromatic N) is 2. The molecule has 0 bridgehead atoms. The minimum Gasteiger partial charge on any atom is -0.495 e. The van der Waals surface area contributed by atoms with Gasteiger partial charge in [-0.05, 0) is 35.9 Å². The molecule has 0 radical (unpaired) electrons. The summed E-state index contributed by atoms with van der Waals surface area (Å²) >= 11 is 0. The number of rotatable bonds is 7. The van der Waals surface area contributed by atoms with E-state index >= 15 is 0 Å².